The molecule has 3 rings (SSSR count). The zero-order chi connectivity index (χ0) is 19.8. The van der Waals surface area contributed by atoms with Crippen LogP contribution in [0.3, 0.4) is 0 Å². The van der Waals surface area contributed by atoms with Crippen LogP contribution in [0.15, 0.2) is 48.8 Å². The van der Waals surface area contributed by atoms with Crippen molar-refractivity contribution < 1.29 is 14.7 Å². The molecule has 0 bridgehead atoms. The lowest BCUT2D eigenvalue weighted by molar-refractivity contribution is -0.129. The van der Waals surface area contributed by atoms with E-state index in [2.05, 4.69) is 21.2 Å². The van der Waals surface area contributed by atoms with Gasteiger partial charge in [-0.25, -0.2) is 15.4 Å². The van der Waals surface area contributed by atoms with Gasteiger partial charge in [0.25, 0.3) is 0 Å². The van der Waals surface area contributed by atoms with Gasteiger partial charge in [0.05, 0.1) is 12.1 Å². The summed E-state index contributed by atoms with van der Waals surface area (Å²) in [7, 11) is 0. The van der Waals surface area contributed by atoms with Gasteiger partial charge in [0.1, 0.15) is 17.9 Å². The Morgan fingerprint density at radius 1 is 1.18 bits per heavy atom. The van der Waals surface area contributed by atoms with Crippen molar-refractivity contribution in [3.05, 3.63) is 54.4 Å². The fourth-order valence-electron chi connectivity index (χ4n) is 2.68. The fraction of sp³-hybridized carbons (Fsp3) is 0.190. The molecule has 0 spiro atoms. The molecule has 1 amide bonds. The molecule has 0 aliphatic heterocycles. The number of aromatic nitrogens is 2. The van der Waals surface area contributed by atoms with Gasteiger partial charge in [0, 0.05) is 23.1 Å². The molecule has 1 aromatic heterocycles. The SMILES string of the molecule is C#Cc1cccc(Nc2ncnc3ccc(OCCCCC(=O)NO)cc23)c1. The summed E-state index contributed by atoms with van der Waals surface area (Å²) in [5.74, 6) is 3.56. The third-order valence-corrected chi connectivity index (χ3v) is 4.09. The van der Waals surface area contributed by atoms with E-state index in [0.29, 0.717) is 31.0 Å². The van der Waals surface area contributed by atoms with E-state index >= 15 is 0 Å². The maximum Gasteiger partial charge on any atom is 0.243 e. The lowest BCUT2D eigenvalue weighted by atomic mass is 10.2. The number of ether oxygens (including phenoxy) is 1. The molecule has 0 saturated carbocycles. The van der Waals surface area contributed by atoms with Crippen LogP contribution in [0.5, 0.6) is 5.75 Å². The molecule has 3 aromatic rings. The van der Waals surface area contributed by atoms with Gasteiger partial charge in [-0.05, 0) is 49.2 Å². The Labute approximate surface area is 162 Å². The first-order valence-corrected chi connectivity index (χ1v) is 8.84. The Balaban J connectivity index is 1.71. The molecule has 142 valence electrons. The number of nitrogens with zero attached hydrogens (tertiary/aromatic N) is 2. The third-order valence-electron chi connectivity index (χ3n) is 4.09. The normalized spacial score (nSPS) is 10.3. The minimum absolute atomic E-state index is 0.260. The minimum Gasteiger partial charge on any atom is -0.494 e. The van der Waals surface area contributed by atoms with Crippen molar-refractivity contribution in [1.29, 1.82) is 0 Å². The monoisotopic (exact) mass is 376 g/mol. The number of amides is 1. The number of benzene rings is 2. The average Bonchev–Trinajstić information content (AvgIpc) is 2.73. The van der Waals surface area contributed by atoms with Crippen molar-refractivity contribution in [2.45, 2.75) is 19.3 Å². The number of rotatable bonds is 8. The molecule has 0 saturated heterocycles. The maximum absolute atomic E-state index is 11.0. The van der Waals surface area contributed by atoms with Crippen molar-refractivity contribution in [3.8, 4) is 18.1 Å². The third kappa shape index (κ3) is 4.96. The van der Waals surface area contributed by atoms with E-state index in [1.807, 2.05) is 42.5 Å². The average molecular weight is 376 g/mol. The summed E-state index contributed by atoms with van der Waals surface area (Å²) >= 11 is 0. The molecular weight excluding hydrogens is 356 g/mol. The molecule has 1 heterocycles. The number of carbonyl (C=O) groups is 1. The number of hydrogen-bond acceptors (Lipinski definition) is 6. The summed E-state index contributed by atoms with van der Waals surface area (Å²) in [5, 5.41) is 12.6. The van der Waals surface area contributed by atoms with E-state index in [9.17, 15) is 4.79 Å². The Hall–Kier alpha value is -3.63. The quantitative estimate of drug-likeness (QED) is 0.241. The standard InChI is InChI=1S/C21H20N4O3/c1-2-15-6-5-7-16(12-15)24-21-18-13-17(9-10-19(18)22-14-23-21)28-11-4-3-8-20(26)25-27/h1,5-7,9-10,12-14,27H,3-4,8,11H2,(H,25,26)(H,22,23,24). The molecule has 0 atom stereocenters. The van der Waals surface area contributed by atoms with E-state index < -0.39 is 5.91 Å². The number of unbranched alkanes of at least 4 members (excludes halogenated alkanes) is 1. The highest BCUT2D eigenvalue weighted by molar-refractivity contribution is 5.91. The lowest BCUT2D eigenvalue weighted by Gasteiger charge is -2.11. The van der Waals surface area contributed by atoms with Gasteiger partial charge in [0.15, 0.2) is 0 Å². The second-order valence-corrected chi connectivity index (χ2v) is 6.09. The van der Waals surface area contributed by atoms with E-state index in [4.69, 9.17) is 16.4 Å². The number of terminal acetylenes is 1. The Morgan fingerprint density at radius 2 is 2.07 bits per heavy atom. The van der Waals surface area contributed by atoms with Crippen molar-refractivity contribution in [3.63, 3.8) is 0 Å². The second kappa shape index (κ2) is 9.35. The van der Waals surface area contributed by atoms with Crippen LogP contribution in [0, 0.1) is 12.3 Å². The number of hydrogen-bond donors (Lipinski definition) is 3. The minimum atomic E-state index is -0.396. The van der Waals surface area contributed by atoms with Crippen LogP contribution in [0.2, 0.25) is 0 Å². The molecule has 0 fully saturated rings. The number of anilines is 2. The van der Waals surface area contributed by atoms with Crippen LogP contribution < -0.4 is 15.5 Å². The van der Waals surface area contributed by atoms with Crippen molar-refractivity contribution in [1.82, 2.24) is 15.4 Å². The zero-order valence-electron chi connectivity index (χ0n) is 15.2. The largest absolute Gasteiger partial charge is 0.494 e. The van der Waals surface area contributed by atoms with E-state index in [1.54, 1.807) is 5.48 Å². The molecule has 2 aromatic carbocycles. The first kappa shape index (κ1) is 19.1. The van der Waals surface area contributed by atoms with Crippen LogP contribution in [0.25, 0.3) is 10.9 Å². The van der Waals surface area contributed by atoms with Gasteiger partial charge in [0.2, 0.25) is 5.91 Å². The lowest BCUT2D eigenvalue weighted by Crippen LogP contribution is -2.18. The summed E-state index contributed by atoms with van der Waals surface area (Å²) in [4.78, 5) is 19.6. The Bertz CT molecular complexity index is 1010. The molecular formula is C21H20N4O3. The molecule has 0 radical (unpaired) electrons. The van der Waals surface area contributed by atoms with Gasteiger partial charge < -0.3 is 10.1 Å². The van der Waals surface area contributed by atoms with Crippen LogP contribution in [-0.2, 0) is 4.79 Å². The molecule has 28 heavy (non-hydrogen) atoms. The molecule has 7 nitrogen and oxygen atoms in total. The summed E-state index contributed by atoms with van der Waals surface area (Å²) in [6.45, 7) is 0.463. The number of nitrogens with one attached hydrogen (secondary N) is 2. The van der Waals surface area contributed by atoms with Crippen molar-refractivity contribution in [2.24, 2.45) is 0 Å². The molecule has 0 aliphatic rings. The maximum atomic E-state index is 11.0. The first-order valence-electron chi connectivity index (χ1n) is 8.84. The summed E-state index contributed by atoms with van der Waals surface area (Å²) in [6.07, 6.45) is 8.54. The highest BCUT2D eigenvalue weighted by Gasteiger charge is 2.07. The molecule has 0 aliphatic carbocycles. The fourth-order valence-corrected chi connectivity index (χ4v) is 2.68. The topological polar surface area (TPSA) is 96.4 Å². The van der Waals surface area contributed by atoms with Gasteiger partial charge in [-0.1, -0.05) is 12.0 Å². The van der Waals surface area contributed by atoms with E-state index in [-0.39, 0.29) is 6.42 Å². The predicted molar refractivity (Wildman–Crippen MR) is 106 cm³/mol. The van der Waals surface area contributed by atoms with Gasteiger partial charge >= 0.3 is 0 Å². The molecule has 7 heteroatoms. The molecule has 3 N–H and O–H groups in total. The highest BCUT2D eigenvalue weighted by atomic mass is 16.5. The highest BCUT2D eigenvalue weighted by Crippen LogP contribution is 2.27. The number of fused-ring (bicyclic) bond motifs is 1. The van der Waals surface area contributed by atoms with Crippen molar-refractivity contribution in [2.75, 3.05) is 11.9 Å². The Kier molecular flexibility index (Phi) is 6.39. The van der Waals surface area contributed by atoms with Crippen LogP contribution in [0.1, 0.15) is 24.8 Å². The van der Waals surface area contributed by atoms with E-state index in [1.165, 1.54) is 6.33 Å². The zero-order valence-corrected chi connectivity index (χ0v) is 15.2. The van der Waals surface area contributed by atoms with Crippen LogP contribution in [-0.4, -0.2) is 27.7 Å². The Morgan fingerprint density at radius 3 is 2.89 bits per heavy atom. The smallest absolute Gasteiger partial charge is 0.243 e. The summed E-state index contributed by atoms with van der Waals surface area (Å²) < 4.78 is 5.77. The predicted octanol–water partition coefficient (Wildman–Crippen LogP) is 3.41. The van der Waals surface area contributed by atoms with Gasteiger partial charge in [-0.3, -0.25) is 10.0 Å². The second-order valence-electron chi connectivity index (χ2n) is 6.09. The number of carbonyl (C=O) groups excluding carboxylic acids is 1. The number of hydroxylamine groups is 1. The van der Waals surface area contributed by atoms with Gasteiger partial charge in [-0.2, -0.15) is 0 Å². The van der Waals surface area contributed by atoms with E-state index in [0.717, 1.165) is 22.2 Å². The van der Waals surface area contributed by atoms with Crippen LogP contribution in [0.4, 0.5) is 11.5 Å². The molecule has 0 unspecified atom stereocenters. The van der Waals surface area contributed by atoms with Gasteiger partial charge in [-0.15, -0.1) is 6.42 Å². The van der Waals surface area contributed by atoms with Crippen molar-refractivity contribution >= 4 is 28.3 Å². The van der Waals surface area contributed by atoms with Crippen LogP contribution >= 0.6 is 0 Å². The first-order chi connectivity index (χ1) is 13.7. The summed E-state index contributed by atoms with van der Waals surface area (Å²) in [5.41, 5.74) is 4.02. The summed E-state index contributed by atoms with van der Waals surface area (Å²) in [6, 6.07) is 13.1.